The minimum atomic E-state index is -3.74. The van der Waals surface area contributed by atoms with Crippen LogP contribution in [0.5, 0.6) is 0 Å². The van der Waals surface area contributed by atoms with Gasteiger partial charge in [0.25, 0.3) is 5.69 Å². The van der Waals surface area contributed by atoms with Crippen molar-refractivity contribution in [2.45, 2.75) is 24.7 Å². The lowest BCUT2D eigenvalue weighted by molar-refractivity contribution is -0.384. The molecule has 0 aromatic heterocycles. The van der Waals surface area contributed by atoms with Crippen molar-refractivity contribution in [3.8, 4) is 0 Å². The summed E-state index contributed by atoms with van der Waals surface area (Å²) in [6.45, 7) is 3.02. The number of nitro benzene ring substituents is 1. The van der Waals surface area contributed by atoms with E-state index in [1.54, 1.807) is 7.05 Å². The van der Waals surface area contributed by atoms with Crippen LogP contribution in [0, 0.1) is 16.0 Å². The van der Waals surface area contributed by atoms with Crippen molar-refractivity contribution < 1.29 is 18.4 Å². The van der Waals surface area contributed by atoms with Gasteiger partial charge in [-0.15, -0.1) is 0 Å². The lowest BCUT2D eigenvalue weighted by Gasteiger charge is -2.29. The number of benzene rings is 1. The Hall–Kier alpha value is -1.71. The third kappa shape index (κ3) is 3.85. The summed E-state index contributed by atoms with van der Waals surface area (Å²) >= 11 is 0. The molecule has 0 aliphatic carbocycles. The summed E-state index contributed by atoms with van der Waals surface area (Å²) in [7, 11) is -2.13. The fraction of sp³-hybridized carbons (Fsp3) is 0.600. The first-order valence-electron chi connectivity index (χ1n) is 7.88. The molecule has 9 heteroatoms. The molecule has 0 bridgehead atoms. The van der Waals surface area contributed by atoms with Gasteiger partial charge in [0.05, 0.1) is 16.4 Å². The molecular weight excluding hydrogens is 334 g/mol. The molecule has 0 radical (unpaired) electrons. The van der Waals surface area contributed by atoms with Gasteiger partial charge >= 0.3 is 0 Å². The largest absolute Gasteiger partial charge is 0.395 e. The maximum absolute atomic E-state index is 12.7. The second-order valence-electron chi connectivity index (χ2n) is 6.14. The van der Waals surface area contributed by atoms with E-state index in [9.17, 15) is 18.5 Å². The second-order valence-corrected chi connectivity index (χ2v) is 8.08. The number of nitrogens with zero attached hydrogens (tertiary/aromatic N) is 3. The highest BCUT2D eigenvalue weighted by atomic mass is 32.2. The van der Waals surface area contributed by atoms with E-state index >= 15 is 0 Å². The van der Waals surface area contributed by atoms with Crippen molar-refractivity contribution in [2.75, 3.05) is 38.2 Å². The van der Waals surface area contributed by atoms with Gasteiger partial charge in [-0.2, -0.15) is 4.31 Å². The fourth-order valence-electron chi connectivity index (χ4n) is 2.78. The molecule has 8 nitrogen and oxygen atoms in total. The van der Waals surface area contributed by atoms with Gasteiger partial charge in [0.1, 0.15) is 5.69 Å². The van der Waals surface area contributed by atoms with Gasteiger partial charge < -0.3 is 10.0 Å². The molecular formula is C15H23N3O5S. The molecule has 0 unspecified atom stereocenters. The predicted molar refractivity (Wildman–Crippen MR) is 90.6 cm³/mol. The predicted octanol–water partition coefficient (Wildman–Crippen LogP) is 1.44. The number of aliphatic hydroxyl groups excluding tert-OH is 1. The Morgan fingerprint density at radius 2 is 2.00 bits per heavy atom. The molecule has 0 atom stereocenters. The average molecular weight is 357 g/mol. The van der Waals surface area contributed by atoms with Gasteiger partial charge in [-0.25, -0.2) is 8.42 Å². The van der Waals surface area contributed by atoms with Gasteiger partial charge in [0.15, 0.2) is 0 Å². The highest BCUT2D eigenvalue weighted by Crippen LogP contribution is 2.32. The van der Waals surface area contributed by atoms with Crippen molar-refractivity contribution in [3.05, 3.63) is 28.3 Å². The molecule has 0 saturated carbocycles. The topological polar surface area (TPSA) is 104 Å². The molecule has 1 aliphatic rings. The molecule has 1 heterocycles. The number of rotatable bonds is 6. The van der Waals surface area contributed by atoms with E-state index in [1.807, 2.05) is 0 Å². The van der Waals surface area contributed by atoms with Crippen LogP contribution in [0.2, 0.25) is 0 Å². The fourth-order valence-corrected chi connectivity index (χ4v) is 4.27. The molecule has 1 aromatic rings. The van der Waals surface area contributed by atoms with Crippen molar-refractivity contribution >= 4 is 21.4 Å². The lowest BCUT2D eigenvalue weighted by atomic mass is 10.0. The van der Waals surface area contributed by atoms with E-state index in [0.717, 1.165) is 18.9 Å². The second kappa shape index (κ2) is 7.45. The summed E-state index contributed by atoms with van der Waals surface area (Å²) in [6.07, 6.45) is 1.58. The van der Waals surface area contributed by atoms with Crippen LogP contribution < -0.4 is 4.90 Å². The zero-order chi connectivity index (χ0) is 17.9. The molecule has 24 heavy (non-hydrogen) atoms. The Morgan fingerprint density at radius 1 is 1.38 bits per heavy atom. The van der Waals surface area contributed by atoms with E-state index in [4.69, 9.17) is 5.11 Å². The van der Waals surface area contributed by atoms with Crippen molar-refractivity contribution in [3.63, 3.8) is 0 Å². The summed E-state index contributed by atoms with van der Waals surface area (Å²) in [4.78, 5) is 12.2. The molecule has 1 fully saturated rings. The van der Waals surface area contributed by atoms with E-state index < -0.39 is 14.9 Å². The molecule has 2 rings (SSSR count). The van der Waals surface area contributed by atoms with Crippen LogP contribution in [0.3, 0.4) is 0 Å². The zero-order valence-electron chi connectivity index (χ0n) is 13.9. The third-order valence-electron chi connectivity index (χ3n) is 4.37. The summed E-state index contributed by atoms with van der Waals surface area (Å²) in [5, 5.41) is 20.3. The highest BCUT2D eigenvalue weighted by molar-refractivity contribution is 7.89. The van der Waals surface area contributed by atoms with E-state index in [0.29, 0.717) is 19.0 Å². The van der Waals surface area contributed by atoms with E-state index in [1.165, 1.54) is 21.3 Å². The zero-order valence-corrected chi connectivity index (χ0v) is 14.7. The number of nitro groups is 1. The Bertz CT molecular complexity index is 699. The number of sulfonamides is 1. The first-order valence-corrected chi connectivity index (χ1v) is 9.32. The van der Waals surface area contributed by atoms with Gasteiger partial charge in [0.2, 0.25) is 10.0 Å². The maximum atomic E-state index is 12.7. The van der Waals surface area contributed by atoms with Crippen LogP contribution in [-0.2, 0) is 10.0 Å². The first kappa shape index (κ1) is 18.6. The summed E-state index contributed by atoms with van der Waals surface area (Å²) in [5.41, 5.74) is -0.00216. The number of hydrogen-bond acceptors (Lipinski definition) is 6. The quantitative estimate of drug-likeness (QED) is 0.610. The van der Waals surface area contributed by atoms with Crippen molar-refractivity contribution in [2.24, 2.45) is 5.92 Å². The number of piperidine rings is 1. The van der Waals surface area contributed by atoms with Crippen LogP contribution in [0.4, 0.5) is 11.4 Å². The smallest absolute Gasteiger partial charge is 0.293 e. The molecule has 1 saturated heterocycles. The van der Waals surface area contributed by atoms with Crippen LogP contribution in [0.25, 0.3) is 0 Å². The molecule has 134 valence electrons. The van der Waals surface area contributed by atoms with Gasteiger partial charge in [-0.1, -0.05) is 6.92 Å². The van der Waals surface area contributed by atoms with E-state index in [-0.39, 0.29) is 29.4 Å². The third-order valence-corrected chi connectivity index (χ3v) is 6.27. The number of aliphatic hydroxyl groups is 1. The average Bonchev–Trinajstić information content (AvgIpc) is 2.54. The summed E-state index contributed by atoms with van der Waals surface area (Å²) in [5.74, 6) is 0.486. The summed E-state index contributed by atoms with van der Waals surface area (Å²) < 4.78 is 26.8. The van der Waals surface area contributed by atoms with Gasteiger partial charge in [0, 0.05) is 32.7 Å². The van der Waals surface area contributed by atoms with Gasteiger partial charge in [-0.3, -0.25) is 10.1 Å². The van der Waals surface area contributed by atoms with Crippen LogP contribution in [0.1, 0.15) is 19.8 Å². The molecule has 1 aromatic carbocycles. The van der Waals surface area contributed by atoms with Crippen molar-refractivity contribution in [1.29, 1.82) is 0 Å². The molecule has 0 amide bonds. The number of hydrogen-bond donors (Lipinski definition) is 1. The normalized spacial score (nSPS) is 17.0. The Kier molecular flexibility index (Phi) is 5.79. The van der Waals surface area contributed by atoms with Crippen molar-refractivity contribution in [1.82, 2.24) is 4.31 Å². The first-order chi connectivity index (χ1) is 11.3. The minimum Gasteiger partial charge on any atom is -0.395 e. The maximum Gasteiger partial charge on any atom is 0.293 e. The van der Waals surface area contributed by atoms with E-state index in [2.05, 4.69) is 6.92 Å². The Labute approximate surface area is 141 Å². The van der Waals surface area contributed by atoms with Crippen LogP contribution >= 0.6 is 0 Å². The van der Waals surface area contributed by atoms with Crippen LogP contribution in [0.15, 0.2) is 23.1 Å². The standard InChI is InChI=1S/C15H23N3O5S/c1-12-5-7-17(8-6-12)24(22,23)13-3-4-14(16(2)9-10-19)15(11-13)18(20)21/h3-4,11-12,19H,5-10H2,1-2H3. The van der Waals surface area contributed by atoms with Crippen LogP contribution in [-0.4, -0.2) is 56.0 Å². The molecule has 0 spiro atoms. The number of anilines is 1. The Morgan fingerprint density at radius 3 is 2.54 bits per heavy atom. The minimum absolute atomic E-state index is 0.0649. The molecule has 1 N–H and O–H groups in total. The summed E-state index contributed by atoms with van der Waals surface area (Å²) in [6, 6.07) is 3.92. The Balaban J connectivity index is 2.37. The van der Waals surface area contributed by atoms with Gasteiger partial charge in [-0.05, 0) is 30.9 Å². The lowest BCUT2D eigenvalue weighted by Crippen LogP contribution is -2.37. The number of likely N-dealkylation sites (N-methyl/N-ethyl adjacent to an activating group) is 1. The molecule has 1 aliphatic heterocycles. The SMILES string of the molecule is CC1CCN(S(=O)(=O)c2ccc(N(C)CCO)c([N+](=O)[O-])c2)CC1. The highest BCUT2D eigenvalue weighted by Gasteiger charge is 2.30. The monoisotopic (exact) mass is 357 g/mol.